The number of aromatic nitrogens is 1. The first kappa shape index (κ1) is 11.0. The number of pyridine rings is 1. The van der Waals surface area contributed by atoms with Gasteiger partial charge in [-0.05, 0) is 12.1 Å². The molecule has 0 aromatic carbocycles. The van der Waals surface area contributed by atoms with Crippen molar-refractivity contribution < 1.29 is 17.7 Å². The molecular weight excluding hydrogens is 194 g/mol. The van der Waals surface area contributed by atoms with Gasteiger partial charge in [0.05, 0.1) is 0 Å². The van der Waals surface area contributed by atoms with Gasteiger partial charge in [-0.3, -0.25) is 4.98 Å². The highest BCUT2D eigenvalue weighted by atomic mass is 19.4. The van der Waals surface area contributed by atoms with Crippen LogP contribution >= 0.6 is 0 Å². The summed E-state index contributed by atoms with van der Waals surface area (Å²) in [6.07, 6.45) is 2.01. The molecule has 0 unspecified atom stereocenters. The molecule has 0 saturated heterocycles. The molecule has 1 aromatic rings. The quantitative estimate of drug-likeness (QED) is 0.540. The fraction of sp³-hybridized carbons (Fsp3) is 0.375. The number of hydrogen-bond acceptors (Lipinski definition) is 2. The number of rotatable bonds is 5. The number of halogens is 3. The molecule has 0 bridgehead atoms. The smallest absolute Gasteiger partial charge is 0.447 e. The first-order valence-electron chi connectivity index (χ1n) is 4.26. The summed E-state index contributed by atoms with van der Waals surface area (Å²) in [6.45, 7) is -5.91. The van der Waals surface area contributed by atoms with Crippen LogP contribution in [0, 0.1) is 0 Å². The lowest BCUT2D eigenvalue weighted by atomic mass is 9.95. The second-order valence-corrected chi connectivity index (χ2v) is 2.86. The highest BCUT2D eigenvalue weighted by molar-refractivity contribution is 6.58. The van der Waals surface area contributed by atoms with Gasteiger partial charge in [0.2, 0.25) is 0 Å². The van der Waals surface area contributed by atoms with Crippen molar-refractivity contribution in [3.05, 3.63) is 30.1 Å². The third-order valence-corrected chi connectivity index (χ3v) is 1.54. The van der Waals surface area contributed by atoms with Crippen LogP contribution in [0.25, 0.3) is 0 Å². The fourth-order valence-electron chi connectivity index (χ4n) is 0.940. The SMILES string of the molecule is F[B-](F)(F)COCCc1ccccn1. The monoisotopic (exact) mass is 204 g/mol. The molecular formula is C8H10BF3NO-. The Balaban J connectivity index is 2.17. The predicted molar refractivity (Wildman–Crippen MR) is 47.8 cm³/mol. The van der Waals surface area contributed by atoms with Crippen molar-refractivity contribution in [2.24, 2.45) is 0 Å². The van der Waals surface area contributed by atoms with Gasteiger partial charge in [-0.2, -0.15) is 0 Å². The third kappa shape index (κ3) is 4.86. The lowest BCUT2D eigenvalue weighted by molar-refractivity contribution is 0.153. The standard InChI is InChI=1S/C8H10BF3NO/c10-9(11,12)7-14-6-4-8-3-1-2-5-13-8/h1-3,5H,4,6-7H2/q-1. The molecule has 0 aliphatic carbocycles. The Morgan fingerprint density at radius 3 is 2.64 bits per heavy atom. The van der Waals surface area contributed by atoms with Gasteiger partial charge in [0.15, 0.2) is 0 Å². The molecule has 78 valence electrons. The van der Waals surface area contributed by atoms with E-state index in [2.05, 4.69) is 9.72 Å². The molecule has 6 heteroatoms. The Labute approximate surface area is 80.2 Å². The van der Waals surface area contributed by atoms with Crippen molar-refractivity contribution in [3.63, 3.8) is 0 Å². The lowest BCUT2D eigenvalue weighted by Crippen LogP contribution is -2.24. The second kappa shape index (κ2) is 5.00. The number of nitrogens with zero attached hydrogens (tertiary/aromatic N) is 1. The van der Waals surface area contributed by atoms with Crippen LogP contribution in [0.5, 0.6) is 0 Å². The molecule has 0 saturated carbocycles. The Morgan fingerprint density at radius 1 is 1.29 bits per heavy atom. The summed E-state index contributed by atoms with van der Waals surface area (Å²) in [7, 11) is 0. The maximum Gasteiger partial charge on any atom is 0.503 e. The van der Waals surface area contributed by atoms with E-state index >= 15 is 0 Å². The first-order chi connectivity index (χ1) is 6.58. The van der Waals surface area contributed by atoms with Crippen molar-refractivity contribution in [1.29, 1.82) is 0 Å². The molecule has 1 heterocycles. The van der Waals surface area contributed by atoms with Crippen LogP contribution in [0.15, 0.2) is 24.4 Å². The molecule has 0 atom stereocenters. The second-order valence-electron chi connectivity index (χ2n) is 2.86. The van der Waals surface area contributed by atoms with Crippen molar-refractivity contribution in [3.8, 4) is 0 Å². The molecule has 14 heavy (non-hydrogen) atoms. The molecule has 1 aromatic heterocycles. The average molecular weight is 204 g/mol. The summed E-state index contributed by atoms with van der Waals surface area (Å²) in [5.41, 5.74) is 0.738. The maximum atomic E-state index is 11.7. The molecule has 0 spiro atoms. The van der Waals surface area contributed by atoms with Crippen molar-refractivity contribution >= 4 is 6.98 Å². The molecule has 0 aliphatic rings. The van der Waals surface area contributed by atoms with E-state index in [1.807, 2.05) is 0 Å². The van der Waals surface area contributed by atoms with Crippen LogP contribution < -0.4 is 0 Å². The van der Waals surface area contributed by atoms with Gasteiger partial charge in [0, 0.05) is 31.4 Å². The zero-order chi connectivity index (χ0) is 10.4. The Kier molecular flexibility index (Phi) is 3.94. The molecule has 0 fully saturated rings. The fourth-order valence-corrected chi connectivity index (χ4v) is 0.940. The predicted octanol–water partition coefficient (Wildman–Crippen LogP) is 2.03. The summed E-state index contributed by atoms with van der Waals surface area (Å²) in [5, 5.41) is 0. The Hall–Kier alpha value is -1.04. The molecule has 0 aliphatic heterocycles. The maximum absolute atomic E-state index is 11.7. The molecule has 0 amide bonds. The minimum absolute atomic E-state index is 0.0538. The summed E-state index contributed by atoms with van der Waals surface area (Å²) >= 11 is 0. The highest BCUT2D eigenvalue weighted by Gasteiger charge is 2.22. The minimum atomic E-state index is -4.83. The minimum Gasteiger partial charge on any atom is -0.447 e. The summed E-state index contributed by atoms with van der Waals surface area (Å²) < 4.78 is 39.6. The van der Waals surface area contributed by atoms with Crippen LogP contribution in [-0.4, -0.2) is 25.1 Å². The van der Waals surface area contributed by atoms with E-state index in [1.54, 1.807) is 24.4 Å². The van der Waals surface area contributed by atoms with Crippen LogP contribution in [0.1, 0.15) is 5.69 Å². The van der Waals surface area contributed by atoms with Gasteiger partial charge in [-0.25, -0.2) is 0 Å². The van der Waals surface area contributed by atoms with E-state index in [1.165, 1.54) is 0 Å². The largest absolute Gasteiger partial charge is 0.503 e. The van der Waals surface area contributed by atoms with Gasteiger partial charge >= 0.3 is 6.98 Å². The Bertz CT molecular complexity index is 265. The van der Waals surface area contributed by atoms with E-state index in [9.17, 15) is 12.9 Å². The van der Waals surface area contributed by atoms with E-state index in [0.717, 1.165) is 5.69 Å². The van der Waals surface area contributed by atoms with Crippen molar-refractivity contribution in [2.75, 3.05) is 13.1 Å². The zero-order valence-electron chi connectivity index (χ0n) is 7.50. The topological polar surface area (TPSA) is 22.1 Å². The molecule has 0 radical (unpaired) electrons. The molecule has 2 nitrogen and oxygen atoms in total. The van der Waals surface area contributed by atoms with E-state index < -0.39 is 13.5 Å². The van der Waals surface area contributed by atoms with Gasteiger partial charge in [-0.15, -0.1) is 0 Å². The highest BCUT2D eigenvalue weighted by Crippen LogP contribution is 2.08. The van der Waals surface area contributed by atoms with E-state index in [-0.39, 0.29) is 6.61 Å². The van der Waals surface area contributed by atoms with Gasteiger partial charge in [0.25, 0.3) is 0 Å². The van der Waals surface area contributed by atoms with Crippen LogP contribution in [0.3, 0.4) is 0 Å². The normalized spacial score (nSPS) is 11.6. The van der Waals surface area contributed by atoms with Gasteiger partial charge in [-0.1, -0.05) is 6.07 Å². The number of hydrogen-bond donors (Lipinski definition) is 0. The van der Waals surface area contributed by atoms with Crippen LogP contribution in [-0.2, 0) is 11.2 Å². The molecule has 1 rings (SSSR count). The van der Waals surface area contributed by atoms with Crippen LogP contribution in [0.2, 0.25) is 0 Å². The Morgan fingerprint density at radius 2 is 2.07 bits per heavy atom. The first-order valence-corrected chi connectivity index (χ1v) is 4.26. The van der Waals surface area contributed by atoms with Crippen LogP contribution in [0.4, 0.5) is 12.9 Å². The van der Waals surface area contributed by atoms with Crippen molar-refractivity contribution in [1.82, 2.24) is 4.98 Å². The number of ether oxygens (including phenoxy) is 1. The average Bonchev–Trinajstić information content (AvgIpc) is 2.13. The summed E-state index contributed by atoms with van der Waals surface area (Å²) in [5.74, 6) is 0. The lowest BCUT2D eigenvalue weighted by Gasteiger charge is -2.13. The molecule has 0 N–H and O–H groups in total. The zero-order valence-corrected chi connectivity index (χ0v) is 7.50. The third-order valence-electron chi connectivity index (χ3n) is 1.54. The van der Waals surface area contributed by atoms with E-state index in [4.69, 9.17) is 0 Å². The summed E-state index contributed by atoms with van der Waals surface area (Å²) in [6, 6.07) is 5.29. The van der Waals surface area contributed by atoms with Crippen molar-refractivity contribution in [2.45, 2.75) is 6.42 Å². The van der Waals surface area contributed by atoms with E-state index in [0.29, 0.717) is 6.42 Å². The van der Waals surface area contributed by atoms with Gasteiger partial charge in [0.1, 0.15) is 0 Å². The van der Waals surface area contributed by atoms with Gasteiger partial charge < -0.3 is 17.7 Å². The summed E-state index contributed by atoms with van der Waals surface area (Å²) in [4.78, 5) is 3.96.